The lowest BCUT2D eigenvalue weighted by Gasteiger charge is -2.24. The molecule has 0 radical (unpaired) electrons. The Morgan fingerprint density at radius 1 is 1.65 bits per heavy atom. The molecule has 2 atom stereocenters. The smallest absolute Gasteiger partial charge is 0.250 e. The topological polar surface area (TPSA) is 59.6 Å². The van der Waals surface area contributed by atoms with Gasteiger partial charge in [0.2, 0.25) is 0 Å². The Bertz CT molecular complexity index is 450. The Morgan fingerprint density at radius 2 is 2.50 bits per heavy atom. The molecule has 110 valence electrons. The second kappa shape index (κ2) is 7.21. The van der Waals surface area contributed by atoms with E-state index in [0.29, 0.717) is 18.9 Å². The second-order valence-electron chi connectivity index (χ2n) is 4.74. The Balaban J connectivity index is 1.74. The van der Waals surface area contributed by atoms with Crippen LogP contribution in [0.15, 0.2) is 24.3 Å². The van der Waals surface area contributed by atoms with Crippen LogP contribution in [0.3, 0.4) is 0 Å². The molecule has 2 unspecified atom stereocenters. The zero-order valence-electron chi connectivity index (χ0n) is 11.4. The summed E-state index contributed by atoms with van der Waals surface area (Å²) >= 11 is 0. The van der Waals surface area contributed by atoms with Crippen LogP contribution in [0.5, 0.6) is 5.75 Å². The number of hydrogen-bond donors (Lipinski definition) is 2. The van der Waals surface area contributed by atoms with Crippen LogP contribution in [-0.4, -0.2) is 44.4 Å². The Kier molecular flexibility index (Phi) is 5.31. The zero-order valence-corrected chi connectivity index (χ0v) is 11.4. The maximum absolute atomic E-state index is 13.0. The van der Waals surface area contributed by atoms with Crippen molar-refractivity contribution in [2.75, 3.05) is 26.3 Å². The third-order valence-corrected chi connectivity index (χ3v) is 2.90. The molecule has 0 saturated carbocycles. The van der Waals surface area contributed by atoms with Gasteiger partial charge in [-0.1, -0.05) is 6.07 Å². The lowest BCUT2D eigenvalue weighted by Crippen LogP contribution is -2.50. The summed E-state index contributed by atoms with van der Waals surface area (Å²) in [6.45, 7) is 3.92. The van der Waals surface area contributed by atoms with E-state index in [9.17, 15) is 9.18 Å². The van der Waals surface area contributed by atoms with Gasteiger partial charge in [0.05, 0.1) is 12.6 Å². The third-order valence-electron chi connectivity index (χ3n) is 2.90. The largest absolute Gasteiger partial charge is 0.491 e. The summed E-state index contributed by atoms with van der Waals surface area (Å²) < 4.78 is 23.8. The van der Waals surface area contributed by atoms with E-state index in [1.807, 2.05) is 6.92 Å². The van der Waals surface area contributed by atoms with Crippen LogP contribution in [0.4, 0.5) is 4.39 Å². The zero-order chi connectivity index (χ0) is 14.4. The van der Waals surface area contributed by atoms with Gasteiger partial charge < -0.3 is 20.1 Å². The first-order chi connectivity index (χ1) is 9.65. The third kappa shape index (κ3) is 4.47. The number of benzene rings is 1. The fourth-order valence-electron chi connectivity index (χ4n) is 1.89. The Morgan fingerprint density at radius 3 is 3.20 bits per heavy atom. The van der Waals surface area contributed by atoms with Gasteiger partial charge in [-0.2, -0.15) is 0 Å². The van der Waals surface area contributed by atoms with E-state index in [2.05, 4.69) is 10.6 Å². The summed E-state index contributed by atoms with van der Waals surface area (Å²) in [5.41, 5.74) is 0. The summed E-state index contributed by atoms with van der Waals surface area (Å²) in [6.07, 6.45) is -0.458. The van der Waals surface area contributed by atoms with Crippen LogP contribution in [-0.2, 0) is 9.53 Å². The number of hydrogen-bond acceptors (Lipinski definition) is 4. The van der Waals surface area contributed by atoms with Crippen molar-refractivity contribution in [1.82, 2.24) is 10.6 Å². The predicted octanol–water partition coefficient (Wildman–Crippen LogP) is 0.698. The molecule has 1 aromatic rings. The number of rotatable bonds is 5. The number of carbonyl (C=O) groups is 1. The van der Waals surface area contributed by atoms with E-state index in [1.165, 1.54) is 12.1 Å². The first-order valence-electron chi connectivity index (χ1n) is 6.66. The molecular formula is C14H19FN2O3. The molecule has 1 aromatic carbocycles. The number of halogens is 1. The number of nitrogens with one attached hydrogen (secondary N) is 2. The highest BCUT2D eigenvalue weighted by atomic mass is 19.1. The number of amides is 1. The van der Waals surface area contributed by atoms with Crippen molar-refractivity contribution in [2.45, 2.75) is 19.1 Å². The predicted molar refractivity (Wildman–Crippen MR) is 72.1 cm³/mol. The van der Waals surface area contributed by atoms with E-state index in [4.69, 9.17) is 9.47 Å². The highest BCUT2D eigenvalue weighted by molar-refractivity contribution is 5.81. The van der Waals surface area contributed by atoms with Gasteiger partial charge in [0.15, 0.2) is 0 Å². The quantitative estimate of drug-likeness (QED) is 0.834. The molecule has 1 aliphatic rings. The van der Waals surface area contributed by atoms with Crippen molar-refractivity contribution in [3.05, 3.63) is 30.1 Å². The lowest BCUT2D eigenvalue weighted by atomic mass is 10.2. The summed E-state index contributed by atoms with van der Waals surface area (Å²) in [7, 11) is 0. The number of morpholine rings is 1. The maximum Gasteiger partial charge on any atom is 0.250 e. The van der Waals surface area contributed by atoms with Gasteiger partial charge in [-0.25, -0.2) is 4.39 Å². The first-order valence-corrected chi connectivity index (χ1v) is 6.66. The standard InChI is InChI=1S/C14H19FN2O3/c1-10(9-20-12-4-2-3-11(15)7-12)17-14(18)13-8-16-5-6-19-13/h2-4,7,10,13,16H,5-6,8-9H2,1H3,(H,17,18). The molecular weight excluding hydrogens is 263 g/mol. The first kappa shape index (κ1) is 14.7. The average Bonchev–Trinajstić information content (AvgIpc) is 2.46. The molecule has 0 spiro atoms. The van der Waals surface area contributed by atoms with Crippen molar-refractivity contribution in [1.29, 1.82) is 0 Å². The monoisotopic (exact) mass is 282 g/mol. The molecule has 0 aliphatic carbocycles. The second-order valence-corrected chi connectivity index (χ2v) is 4.74. The number of ether oxygens (including phenoxy) is 2. The maximum atomic E-state index is 13.0. The SMILES string of the molecule is CC(COc1cccc(F)c1)NC(=O)C1CNCCO1. The Labute approximate surface area is 117 Å². The molecule has 2 N–H and O–H groups in total. The minimum absolute atomic E-state index is 0.160. The molecule has 1 amide bonds. The summed E-state index contributed by atoms with van der Waals surface area (Å²) in [5.74, 6) is -0.0601. The summed E-state index contributed by atoms with van der Waals surface area (Å²) in [5, 5.41) is 5.91. The van der Waals surface area contributed by atoms with Crippen molar-refractivity contribution in [3.8, 4) is 5.75 Å². The fraction of sp³-hybridized carbons (Fsp3) is 0.500. The molecule has 1 heterocycles. The normalized spacial score (nSPS) is 20.2. The molecule has 2 rings (SSSR count). The minimum Gasteiger partial charge on any atom is -0.491 e. The van der Waals surface area contributed by atoms with Crippen molar-refractivity contribution in [3.63, 3.8) is 0 Å². The average molecular weight is 282 g/mol. The molecule has 0 bridgehead atoms. The van der Waals surface area contributed by atoms with Crippen molar-refractivity contribution >= 4 is 5.91 Å². The molecule has 5 nitrogen and oxygen atoms in total. The molecule has 1 saturated heterocycles. The van der Waals surface area contributed by atoms with E-state index >= 15 is 0 Å². The van der Waals surface area contributed by atoms with Crippen LogP contribution in [0.2, 0.25) is 0 Å². The van der Waals surface area contributed by atoms with Gasteiger partial charge in [0.1, 0.15) is 24.3 Å². The van der Waals surface area contributed by atoms with Crippen molar-refractivity contribution in [2.24, 2.45) is 0 Å². The van der Waals surface area contributed by atoms with Gasteiger partial charge in [0, 0.05) is 19.2 Å². The van der Waals surface area contributed by atoms with Gasteiger partial charge in [-0.05, 0) is 19.1 Å². The Hall–Kier alpha value is -1.66. The molecule has 1 aliphatic heterocycles. The van der Waals surface area contributed by atoms with Gasteiger partial charge in [-0.15, -0.1) is 0 Å². The molecule has 20 heavy (non-hydrogen) atoms. The van der Waals surface area contributed by atoms with E-state index in [-0.39, 0.29) is 24.4 Å². The fourth-order valence-corrected chi connectivity index (χ4v) is 1.89. The van der Waals surface area contributed by atoms with E-state index in [0.717, 1.165) is 6.54 Å². The molecule has 0 aromatic heterocycles. The van der Waals surface area contributed by atoms with Gasteiger partial charge >= 0.3 is 0 Å². The summed E-state index contributed by atoms with van der Waals surface area (Å²) in [4.78, 5) is 11.9. The van der Waals surface area contributed by atoms with Crippen LogP contribution < -0.4 is 15.4 Å². The van der Waals surface area contributed by atoms with E-state index < -0.39 is 6.10 Å². The number of carbonyl (C=O) groups excluding carboxylic acids is 1. The van der Waals surface area contributed by atoms with Crippen LogP contribution >= 0.6 is 0 Å². The highest BCUT2D eigenvalue weighted by Gasteiger charge is 2.22. The lowest BCUT2D eigenvalue weighted by molar-refractivity contribution is -0.135. The van der Waals surface area contributed by atoms with Gasteiger partial charge in [0.25, 0.3) is 5.91 Å². The highest BCUT2D eigenvalue weighted by Crippen LogP contribution is 2.12. The van der Waals surface area contributed by atoms with Crippen molar-refractivity contribution < 1.29 is 18.7 Å². The van der Waals surface area contributed by atoms with Crippen LogP contribution in [0.25, 0.3) is 0 Å². The van der Waals surface area contributed by atoms with E-state index in [1.54, 1.807) is 12.1 Å². The summed E-state index contributed by atoms with van der Waals surface area (Å²) in [6, 6.07) is 5.73. The van der Waals surface area contributed by atoms with Crippen LogP contribution in [0, 0.1) is 5.82 Å². The minimum atomic E-state index is -0.458. The van der Waals surface area contributed by atoms with Gasteiger partial charge in [-0.3, -0.25) is 4.79 Å². The molecule has 1 fully saturated rings. The molecule has 6 heteroatoms. The van der Waals surface area contributed by atoms with Crippen LogP contribution in [0.1, 0.15) is 6.92 Å².